The standard InChI is InChI=1S/C17H23NO2/c19-16(9-5-12-3-1-2-4-12)14-6-8-15-13(11-14)7-10-17(20)18-15/h6,8,11-12,16,19H,1-5,7,9-10H2,(H,18,20). The van der Waals surface area contributed by atoms with Crippen LogP contribution >= 0.6 is 0 Å². The lowest BCUT2D eigenvalue weighted by Crippen LogP contribution is -2.19. The van der Waals surface area contributed by atoms with Gasteiger partial charge in [0.25, 0.3) is 0 Å². The molecule has 1 unspecified atom stereocenters. The zero-order chi connectivity index (χ0) is 13.9. The van der Waals surface area contributed by atoms with Crippen LogP contribution in [0.2, 0.25) is 0 Å². The molecule has 1 aliphatic heterocycles. The fraction of sp³-hybridized carbons (Fsp3) is 0.588. The van der Waals surface area contributed by atoms with E-state index >= 15 is 0 Å². The molecule has 0 radical (unpaired) electrons. The highest BCUT2D eigenvalue weighted by molar-refractivity contribution is 5.93. The molecule has 1 aliphatic carbocycles. The maximum atomic E-state index is 11.3. The number of nitrogens with one attached hydrogen (secondary N) is 1. The van der Waals surface area contributed by atoms with Crippen molar-refractivity contribution in [3.05, 3.63) is 29.3 Å². The first-order valence-electron chi connectivity index (χ1n) is 7.83. The van der Waals surface area contributed by atoms with Crippen LogP contribution in [0.1, 0.15) is 62.2 Å². The number of aliphatic hydroxyl groups excluding tert-OH is 1. The smallest absolute Gasteiger partial charge is 0.224 e. The molecule has 1 heterocycles. The molecule has 1 saturated carbocycles. The first kappa shape index (κ1) is 13.6. The molecule has 20 heavy (non-hydrogen) atoms. The highest BCUT2D eigenvalue weighted by Gasteiger charge is 2.19. The van der Waals surface area contributed by atoms with E-state index < -0.39 is 0 Å². The minimum absolute atomic E-state index is 0.0898. The summed E-state index contributed by atoms with van der Waals surface area (Å²) >= 11 is 0. The largest absolute Gasteiger partial charge is 0.388 e. The molecule has 3 rings (SSSR count). The number of benzene rings is 1. The SMILES string of the molecule is O=C1CCc2cc(C(O)CCC3CCCC3)ccc2N1. The molecule has 0 bridgehead atoms. The Balaban J connectivity index is 1.62. The Hall–Kier alpha value is -1.35. The summed E-state index contributed by atoms with van der Waals surface area (Å²) in [6.45, 7) is 0. The Morgan fingerprint density at radius 2 is 2.05 bits per heavy atom. The first-order valence-corrected chi connectivity index (χ1v) is 7.83. The van der Waals surface area contributed by atoms with Crippen molar-refractivity contribution in [2.24, 2.45) is 5.92 Å². The first-order chi connectivity index (χ1) is 9.72. The zero-order valence-corrected chi connectivity index (χ0v) is 11.9. The highest BCUT2D eigenvalue weighted by Crippen LogP contribution is 2.32. The minimum Gasteiger partial charge on any atom is -0.388 e. The Morgan fingerprint density at radius 1 is 1.25 bits per heavy atom. The van der Waals surface area contributed by atoms with Gasteiger partial charge in [-0.1, -0.05) is 37.8 Å². The molecule has 108 valence electrons. The van der Waals surface area contributed by atoms with Gasteiger partial charge in [-0.3, -0.25) is 4.79 Å². The average molecular weight is 273 g/mol. The van der Waals surface area contributed by atoms with Crippen LogP contribution in [0.5, 0.6) is 0 Å². The van der Waals surface area contributed by atoms with Gasteiger partial charge in [0.05, 0.1) is 6.10 Å². The number of hydrogen-bond donors (Lipinski definition) is 2. The number of anilines is 1. The van der Waals surface area contributed by atoms with E-state index in [0.717, 1.165) is 42.0 Å². The molecule has 0 aromatic heterocycles. The summed E-state index contributed by atoms with van der Waals surface area (Å²) in [6.07, 6.45) is 8.35. The van der Waals surface area contributed by atoms with E-state index in [9.17, 15) is 9.90 Å². The van der Waals surface area contributed by atoms with E-state index in [-0.39, 0.29) is 12.0 Å². The number of carbonyl (C=O) groups excluding carboxylic acids is 1. The van der Waals surface area contributed by atoms with Gasteiger partial charge in [-0.25, -0.2) is 0 Å². The van der Waals surface area contributed by atoms with Gasteiger partial charge in [0.15, 0.2) is 0 Å². The molecular weight excluding hydrogens is 250 g/mol. The molecule has 1 amide bonds. The van der Waals surface area contributed by atoms with Crippen molar-refractivity contribution in [2.75, 3.05) is 5.32 Å². The number of rotatable bonds is 4. The van der Waals surface area contributed by atoms with Crippen molar-refractivity contribution < 1.29 is 9.90 Å². The van der Waals surface area contributed by atoms with E-state index in [1.807, 2.05) is 12.1 Å². The molecule has 2 N–H and O–H groups in total. The van der Waals surface area contributed by atoms with E-state index in [1.165, 1.54) is 25.7 Å². The third-order valence-electron chi connectivity index (χ3n) is 4.73. The summed E-state index contributed by atoms with van der Waals surface area (Å²) in [7, 11) is 0. The Labute approximate surface area is 120 Å². The predicted molar refractivity (Wildman–Crippen MR) is 79.5 cm³/mol. The third-order valence-corrected chi connectivity index (χ3v) is 4.73. The normalized spacial score (nSPS) is 20.6. The predicted octanol–water partition coefficient (Wildman–Crippen LogP) is 3.58. The maximum Gasteiger partial charge on any atom is 0.224 e. The molecule has 3 heteroatoms. The van der Waals surface area contributed by atoms with Gasteiger partial charge in [-0.05, 0) is 42.4 Å². The monoisotopic (exact) mass is 273 g/mol. The molecule has 2 aliphatic rings. The van der Waals surface area contributed by atoms with E-state index in [2.05, 4.69) is 11.4 Å². The number of aliphatic hydroxyl groups is 1. The second kappa shape index (κ2) is 5.96. The minimum atomic E-state index is -0.362. The van der Waals surface area contributed by atoms with Gasteiger partial charge in [0.2, 0.25) is 5.91 Å². The summed E-state index contributed by atoms with van der Waals surface area (Å²) in [5.74, 6) is 0.911. The summed E-state index contributed by atoms with van der Waals surface area (Å²) < 4.78 is 0. The lowest BCUT2D eigenvalue weighted by molar-refractivity contribution is -0.116. The second-order valence-corrected chi connectivity index (χ2v) is 6.21. The summed E-state index contributed by atoms with van der Waals surface area (Å²) in [5.41, 5.74) is 3.06. The Bertz CT molecular complexity index is 492. The summed E-state index contributed by atoms with van der Waals surface area (Å²) in [6, 6.07) is 5.94. The van der Waals surface area contributed by atoms with Gasteiger partial charge in [-0.15, -0.1) is 0 Å². The topological polar surface area (TPSA) is 49.3 Å². The van der Waals surface area contributed by atoms with E-state index in [1.54, 1.807) is 0 Å². The van der Waals surface area contributed by atoms with Crippen LogP contribution in [0.3, 0.4) is 0 Å². The number of carbonyl (C=O) groups is 1. The lowest BCUT2D eigenvalue weighted by atomic mass is 9.94. The maximum absolute atomic E-state index is 11.3. The van der Waals surface area contributed by atoms with Crippen molar-refractivity contribution in [1.82, 2.24) is 0 Å². The second-order valence-electron chi connectivity index (χ2n) is 6.21. The van der Waals surface area contributed by atoms with E-state index in [4.69, 9.17) is 0 Å². The van der Waals surface area contributed by atoms with Crippen LogP contribution < -0.4 is 5.32 Å². The molecule has 3 nitrogen and oxygen atoms in total. The van der Waals surface area contributed by atoms with Crippen LogP contribution in [0.15, 0.2) is 18.2 Å². The van der Waals surface area contributed by atoms with Crippen LogP contribution in [-0.4, -0.2) is 11.0 Å². The molecule has 0 spiro atoms. The van der Waals surface area contributed by atoms with Crippen molar-refractivity contribution in [3.63, 3.8) is 0 Å². The van der Waals surface area contributed by atoms with Crippen LogP contribution in [-0.2, 0) is 11.2 Å². The molecular formula is C17H23NO2. The highest BCUT2D eigenvalue weighted by atomic mass is 16.3. The molecule has 0 saturated heterocycles. The molecule has 1 aromatic rings. The number of amides is 1. The van der Waals surface area contributed by atoms with Crippen molar-refractivity contribution in [1.29, 1.82) is 0 Å². The summed E-state index contributed by atoms with van der Waals surface area (Å²) in [4.78, 5) is 11.3. The number of fused-ring (bicyclic) bond motifs is 1. The van der Waals surface area contributed by atoms with Crippen molar-refractivity contribution in [2.45, 2.75) is 57.5 Å². The average Bonchev–Trinajstić information content (AvgIpc) is 2.97. The quantitative estimate of drug-likeness (QED) is 0.881. The van der Waals surface area contributed by atoms with Gasteiger partial charge in [0.1, 0.15) is 0 Å². The zero-order valence-electron chi connectivity index (χ0n) is 11.9. The lowest BCUT2D eigenvalue weighted by Gasteiger charge is -2.20. The fourth-order valence-electron chi connectivity index (χ4n) is 3.47. The molecule has 1 fully saturated rings. The number of aryl methyl sites for hydroxylation is 1. The van der Waals surface area contributed by atoms with Gasteiger partial charge in [0, 0.05) is 12.1 Å². The summed E-state index contributed by atoms with van der Waals surface area (Å²) in [5, 5.41) is 13.2. The van der Waals surface area contributed by atoms with Crippen LogP contribution in [0.25, 0.3) is 0 Å². The van der Waals surface area contributed by atoms with Gasteiger partial charge in [-0.2, -0.15) is 0 Å². The van der Waals surface area contributed by atoms with Crippen molar-refractivity contribution in [3.8, 4) is 0 Å². The van der Waals surface area contributed by atoms with E-state index in [0.29, 0.717) is 6.42 Å². The molecule has 1 atom stereocenters. The van der Waals surface area contributed by atoms with Gasteiger partial charge < -0.3 is 10.4 Å². The van der Waals surface area contributed by atoms with Crippen molar-refractivity contribution >= 4 is 11.6 Å². The third kappa shape index (κ3) is 3.04. The number of hydrogen-bond acceptors (Lipinski definition) is 2. The Morgan fingerprint density at radius 3 is 2.85 bits per heavy atom. The Kier molecular flexibility index (Phi) is 4.06. The van der Waals surface area contributed by atoms with Crippen LogP contribution in [0.4, 0.5) is 5.69 Å². The fourth-order valence-corrected chi connectivity index (χ4v) is 3.47. The van der Waals surface area contributed by atoms with Crippen LogP contribution in [0, 0.1) is 5.92 Å². The van der Waals surface area contributed by atoms with Gasteiger partial charge >= 0.3 is 0 Å². The molecule has 1 aromatic carbocycles.